The van der Waals surface area contributed by atoms with E-state index in [1.165, 1.54) is 54.4 Å². The molecule has 0 saturated carbocycles. The number of carbonyl (C=O) groups is 3. The quantitative estimate of drug-likeness (QED) is 0.447. The van der Waals surface area contributed by atoms with E-state index in [9.17, 15) is 32.3 Å². The number of carbonyl (C=O) groups excluding carboxylic acids is 3. The number of cyclic esters (lactones) is 1. The number of nitrogens with two attached hydrogens (primary N) is 1. The zero-order valence-electron chi connectivity index (χ0n) is 20.1. The maximum absolute atomic E-state index is 13.5. The molecule has 1 fully saturated rings. The van der Waals surface area contributed by atoms with Crippen molar-refractivity contribution >= 4 is 34.4 Å². The lowest BCUT2D eigenvalue weighted by atomic mass is 10.0. The van der Waals surface area contributed by atoms with Gasteiger partial charge in [0.25, 0.3) is 5.56 Å². The van der Waals surface area contributed by atoms with Gasteiger partial charge in [0.15, 0.2) is 6.10 Å². The number of anilines is 1. The molecule has 1 aliphatic rings. The maximum atomic E-state index is 13.5. The van der Waals surface area contributed by atoms with Gasteiger partial charge >= 0.3 is 18.2 Å². The number of benzene rings is 2. The lowest BCUT2D eigenvalue weighted by Crippen LogP contribution is -2.37. The Balaban J connectivity index is 1.50. The lowest BCUT2D eigenvalue weighted by molar-refractivity contribution is -0.150. The largest absolute Gasteiger partial charge is 0.460 e. The molecule has 2 aromatic carbocycles. The summed E-state index contributed by atoms with van der Waals surface area (Å²) in [5.74, 6) is -1.15. The molecule has 0 unspecified atom stereocenters. The van der Waals surface area contributed by atoms with Gasteiger partial charge in [-0.25, -0.2) is 4.79 Å². The zero-order chi connectivity index (χ0) is 27.6. The highest BCUT2D eigenvalue weighted by atomic mass is 19.4. The summed E-state index contributed by atoms with van der Waals surface area (Å²) in [4.78, 5) is 53.5. The smallest absolute Gasteiger partial charge is 0.417 e. The highest BCUT2D eigenvalue weighted by Gasteiger charge is 2.35. The minimum absolute atomic E-state index is 0.00412. The first-order valence-corrected chi connectivity index (χ1v) is 11.4. The summed E-state index contributed by atoms with van der Waals surface area (Å²) in [5, 5.41) is 0.532. The Labute approximate surface area is 213 Å². The third-order valence-corrected chi connectivity index (χ3v) is 5.93. The second-order valence-corrected chi connectivity index (χ2v) is 8.58. The number of likely N-dealkylation sites (N-methyl/N-ethyl adjacent to an activating group) is 1. The van der Waals surface area contributed by atoms with E-state index < -0.39 is 41.4 Å². The van der Waals surface area contributed by atoms with Crippen LogP contribution in [0, 0.1) is 0 Å². The summed E-state index contributed by atoms with van der Waals surface area (Å²) in [6, 6.07) is 10.8. The number of nitrogens with one attached hydrogen (secondary N) is 1. The Morgan fingerprint density at radius 1 is 1.18 bits per heavy atom. The van der Waals surface area contributed by atoms with Crippen molar-refractivity contribution < 1.29 is 37.0 Å². The van der Waals surface area contributed by atoms with Gasteiger partial charge in [-0.05, 0) is 29.7 Å². The molecule has 200 valence electrons. The number of ether oxygens (including phenoxy) is 2. The normalized spacial score (nSPS) is 15.4. The molecular formula is C25H23F3N4O6. The number of nitrogens with zero attached hydrogens (tertiary/aromatic N) is 2. The number of pyridine rings is 1. The molecule has 1 atom stereocenters. The van der Waals surface area contributed by atoms with Crippen LogP contribution < -0.4 is 16.2 Å². The molecule has 2 heterocycles. The van der Waals surface area contributed by atoms with Gasteiger partial charge in [0.1, 0.15) is 13.2 Å². The minimum Gasteiger partial charge on any atom is -0.460 e. The molecule has 3 N–H and O–H groups in total. The molecule has 0 spiro atoms. The first kappa shape index (κ1) is 26.7. The van der Waals surface area contributed by atoms with Crippen molar-refractivity contribution in [1.82, 2.24) is 9.88 Å². The predicted molar refractivity (Wildman–Crippen MR) is 130 cm³/mol. The van der Waals surface area contributed by atoms with E-state index in [4.69, 9.17) is 15.2 Å². The van der Waals surface area contributed by atoms with Crippen molar-refractivity contribution in [2.24, 2.45) is 5.73 Å². The number of aromatic nitrogens is 1. The van der Waals surface area contributed by atoms with Crippen molar-refractivity contribution in [2.75, 3.05) is 38.2 Å². The Hall–Kier alpha value is -4.39. The lowest BCUT2D eigenvalue weighted by Gasteiger charge is -2.16. The van der Waals surface area contributed by atoms with Crippen LogP contribution in [0.5, 0.6) is 0 Å². The molecule has 3 aromatic rings. The summed E-state index contributed by atoms with van der Waals surface area (Å²) in [6.07, 6.45) is -6.13. The third-order valence-electron chi connectivity index (χ3n) is 5.93. The van der Waals surface area contributed by atoms with Crippen LogP contribution >= 0.6 is 0 Å². The average molecular weight is 532 g/mol. The Morgan fingerprint density at radius 2 is 1.92 bits per heavy atom. The number of amides is 2. The van der Waals surface area contributed by atoms with Gasteiger partial charge in [-0.1, -0.05) is 24.3 Å². The summed E-state index contributed by atoms with van der Waals surface area (Å²) < 4.78 is 50.7. The van der Waals surface area contributed by atoms with E-state index in [0.29, 0.717) is 11.1 Å². The second kappa shape index (κ2) is 10.5. The highest BCUT2D eigenvalue weighted by molar-refractivity contribution is 5.95. The maximum Gasteiger partial charge on any atom is 0.417 e. The highest BCUT2D eigenvalue weighted by Crippen LogP contribution is 2.36. The molecule has 1 aromatic heterocycles. The predicted octanol–water partition coefficient (Wildman–Crippen LogP) is 2.50. The molecule has 4 rings (SSSR count). The first-order chi connectivity index (χ1) is 18.0. The molecular weight excluding hydrogens is 509 g/mol. The van der Waals surface area contributed by atoms with E-state index >= 15 is 0 Å². The summed E-state index contributed by atoms with van der Waals surface area (Å²) in [5.41, 5.74) is 3.88. The van der Waals surface area contributed by atoms with Gasteiger partial charge < -0.3 is 25.1 Å². The van der Waals surface area contributed by atoms with Crippen molar-refractivity contribution in [3.8, 4) is 11.3 Å². The van der Waals surface area contributed by atoms with Crippen LogP contribution in [0.25, 0.3) is 22.0 Å². The molecule has 10 nitrogen and oxygen atoms in total. The number of halogens is 3. The van der Waals surface area contributed by atoms with Crippen LogP contribution in [0.2, 0.25) is 0 Å². The fourth-order valence-electron chi connectivity index (χ4n) is 4.01. The molecule has 2 amide bonds. The van der Waals surface area contributed by atoms with Crippen LogP contribution in [0.3, 0.4) is 0 Å². The van der Waals surface area contributed by atoms with Crippen LogP contribution in [0.1, 0.15) is 5.56 Å². The molecule has 13 heteroatoms. The van der Waals surface area contributed by atoms with Crippen molar-refractivity contribution in [2.45, 2.75) is 12.3 Å². The van der Waals surface area contributed by atoms with Gasteiger partial charge in [0.05, 0.1) is 18.7 Å². The van der Waals surface area contributed by atoms with E-state index in [1.54, 1.807) is 0 Å². The van der Waals surface area contributed by atoms with Crippen LogP contribution in [0.4, 0.5) is 23.7 Å². The number of alkyl halides is 3. The van der Waals surface area contributed by atoms with Gasteiger partial charge in [-0.2, -0.15) is 13.2 Å². The van der Waals surface area contributed by atoms with Gasteiger partial charge in [-0.15, -0.1) is 0 Å². The van der Waals surface area contributed by atoms with Gasteiger partial charge in [-0.3, -0.25) is 19.3 Å². The second-order valence-electron chi connectivity index (χ2n) is 8.58. The Morgan fingerprint density at radius 3 is 2.63 bits per heavy atom. The Kier molecular flexibility index (Phi) is 7.39. The van der Waals surface area contributed by atoms with Crippen LogP contribution in [-0.4, -0.2) is 67.2 Å². The van der Waals surface area contributed by atoms with Crippen LogP contribution in [-0.2, 0) is 25.2 Å². The molecule has 0 radical (unpaired) electrons. The first-order valence-electron chi connectivity index (χ1n) is 11.4. The summed E-state index contributed by atoms with van der Waals surface area (Å²) in [7, 11) is 1.40. The van der Waals surface area contributed by atoms with Crippen LogP contribution in [0.15, 0.2) is 53.3 Å². The number of aromatic amines is 1. The zero-order valence-corrected chi connectivity index (χ0v) is 20.1. The fraction of sp³-hybridized carbons (Fsp3) is 0.280. The van der Waals surface area contributed by atoms with Crippen molar-refractivity contribution in [3.63, 3.8) is 0 Å². The SMILES string of the molecule is CN(CC(=O)OC[C@@H]1CN(c2ccc3cc(-c4ccccc4C(F)(F)F)[nH]c(=O)c3c2)C(=O)O1)C(=O)CN. The number of H-pyrrole nitrogens is 1. The average Bonchev–Trinajstić information content (AvgIpc) is 3.26. The number of fused-ring (bicyclic) bond motifs is 1. The van der Waals surface area contributed by atoms with Gasteiger partial charge in [0.2, 0.25) is 5.91 Å². The van der Waals surface area contributed by atoms with E-state index in [1.807, 2.05) is 0 Å². The standard InChI is InChI=1S/C25H23F3N4O6/c1-31(21(33)10-29)12-22(34)37-13-16-11-32(24(36)38-16)15-7-6-14-8-20(30-23(35)18(14)9-15)17-4-2-3-5-19(17)25(26,27)28/h2-9,16H,10-13,29H2,1H3,(H,30,35)/t16-/m0/s1. The van der Waals surface area contributed by atoms with Crippen molar-refractivity contribution in [3.05, 3.63) is 64.4 Å². The topological polar surface area (TPSA) is 135 Å². The van der Waals surface area contributed by atoms with E-state index in [0.717, 1.165) is 11.0 Å². The number of esters is 1. The Bertz CT molecular complexity index is 1460. The summed E-state index contributed by atoms with van der Waals surface area (Å²) in [6.45, 7) is -0.801. The van der Waals surface area contributed by atoms with E-state index in [-0.39, 0.29) is 42.9 Å². The minimum atomic E-state index is -4.61. The molecule has 38 heavy (non-hydrogen) atoms. The molecule has 1 saturated heterocycles. The number of hydrogen-bond acceptors (Lipinski definition) is 7. The molecule has 0 aliphatic carbocycles. The van der Waals surface area contributed by atoms with E-state index in [2.05, 4.69) is 4.98 Å². The van der Waals surface area contributed by atoms with Crippen molar-refractivity contribution in [1.29, 1.82) is 0 Å². The molecule has 1 aliphatic heterocycles. The number of hydrogen-bond donors (Lipinski definition) is 2. The summed E-state index contributed by atoms with van der Waals surface area (Å²) >= 11 is 0. The van der Waals surface area contributed by atoms with Gasteiger partial charge in [0, 0.05) is 29.4 Å². The third kappa shape index (κ3) is 5.62. The number of rotatable bonds is 7. The fourth-order valence-corrected chi connectivity index (χ4v) is 4.01. The molecule has 0 bridgehead atoms. The monoisotopic (exact) mass is 532 g/mol.